The third-order valence-electron chi connectivity index (χ3n) is 2.28. The summed E-state index contributed by atoms with van der Waals surface area (Å²) in [5.74, 6) is -0.387. The Hall–Kier alpha value is 0.400. The van der Waals surface area contributed by atoms with E-state index in [-0.39, 0.29) is 11.9 Å². The molecule has 3 heteroatoms. The van der Waals surface area contributed by atoms with Crippen molar-refractivity contribution in [2.24, 2.45) is 0 Å². The average Bonchev–Trinajstić information content (AvgIpc) is 2.49. The number of unbranched alkanes of at least 4 members (excludes halogenated alkanes) is 2. The first-order valence-electron chi connectivity index (χ1n) is 4.93. The van der Waals surface area contributed by atoms with Crippen LogP contribution < -0.4 is 0 Å². The van der Waals surface area contributed by atoms with E-state index < -0.39 is 0 Å². The summed E-state index contributed by atoms with van der Waals surface area (Å²) in [7, 11) is 0. The maximum Gasteiger partial charge on any atom is 0.178 e. The van der Waals surface area contributed by atoms with Crippen molar-refractivity contribution in [2.75, 3.05) is 11.9 Å². The zero-order valence-electron chi connectivity index (χ0n) is 8.22. The second-order valence-electron chi connectivity index (χ2n) is 3.55. The first kappa shape index (κ1) is 11.5. The Morgan fingerprint density at radius 2 is 2.31 bits per heavy atom. The third kappa shape index (κ3) is 3.22. The fourth-order valence-corrected chi connectivity index (χ4v) is 2.10. The van der Waals surface area contributed by atoms with Gasteiger partial charge in [0.1, 0.15) is 0 Å². The summed E-state index contributed by atoms with van der Waals surface area (Å²) in [6, 6.07) is 0. The predicted molar refractivity (Wildman–Crippen MR) is 56.8 cm³/mol. The first-order valence-corrected chi connectivity index (χ1v) is 6.05. The molecule has 0 amide bonds. The van der Waals surface area contributed by atoms with Crippen LogP contribution in [0.15, 0.2) is 0 Å². The molecule has 1 radical (unpaired) electrons. The molecule has 2 nitrogen and oxygen atoms in total. The maximum absolute atomic E-state index is 5.66. The van der Waals surface area contributed by atoms with Crippen LogP contribution in [-0.4, -0.2) is 23.8 Å². The number of hydrogen-bond acceptors (Lipinski definition) is 2. The van der Waals surface area contributed by atoms with Crippen molar-refractivity contribution in [3.8, 4) is 0 Å². The quantitative estimate of drug-likeness (QED) is 0.551. The third-order valence-corrected chi connectivity index (χ3v) is 3.13. The van der Waals surface area contributed by atoms with Gasteiger partial charge in [-0.15, -0.1) is 0 Å². The van der Waals surface area contributed by atoms with Gasteiger partial charge in [0.05, 0.1) is 18.0 Å². The zero-order chi connectivity index (χ0) is 9.73. The molecule has 0 aromatic carbocycles. The molecule has 77 valence electrons. The van der Waals surface area contributed by atoms with Crippen LogP contribution >= 0.6 is 15.9 Å². The summed E-state index contributed by atoms with van der Waals surface area (Å²) in [5, 5.41) is 0.746. The van der Waals surface area contributed by atoms with Crippen LogP contribution in [0.25, 0.3) is 0 Å². The summed E-state index contributed by atoms with van der Waals surface area (Å²) < 4.78 is 11.3. The van der Waals surface area contributed by atoms with E-state index in [0.29, 0.717) is 6.61 Å². The number of ether oxygens (including phenoxy) is 2. The highest BCUT2D eigenvalue weighted by molar-refractivity contribution is 9.09. The lowest BCUT2D eigenvalue weighted by molar-refractivity contribution is -0.149. The lowest BCUT2D eigenvalue weighted by Gasteiger charge is -2.25. The lowest BCUT2D eigenvalue weighted by atomic mass is 10.1. The van der Waals surface area contributed by atoms with E-state index in [4.69, 9.17) is 9.47 Å². The first-order chi connectivity index (χ1) is 6.22. The topological polar surface area (TPSA) is 18.5 Å². The fourth-order valence-electron chi connectivity index (χ4n) is 1.53. The van der Waals surface area contributed by atoms with Gasteiger partial charge in [0.25, 0.3) is 0 Å². The Morgan fingerprint density at radius 3 is 2.77 bits per heavy atom. The minimum absolute atomic E-state index is 0.000762. The van der Waals surface area contributed by atoms with Gasteiger partial charge in [-0.1, -0.05) is 35.7 Å². The van der Waals surface area contributed by atoms with Crippen molar-refractivity contribution < 1.29 is 9.47 Å². The molecule has 1 saturated heterocycles. The molecular formula is C10H18BrO2. The van der Waals surface area contributed by atoms with Gasteiger partial charge in [0.2, 0.25) is 0 Å². The molecular weight excluding hydrogens is 232 g/mol. The molecule has 1 rings (SSSR count). The van der Waals surface area contributed by atoms with Gasteiger partial charge in [-0.2, -0.15) is 0 Å². The van der Waals surface area contributed by atoms with Gasteiger partial charge in [0.15, 0.2) is 5.79 Å². The van der Waals surface area contributed by atoms with E-state index in [1.807, 2.05) is 0 Å². The van der Waals surface area contributed by atoms with E-state index in [1.165, 1.54) is 12.8 Å². The number of alkyl halides is 1. The summed E-state index contributed by atoms with van der Waals surface area (Å²) in [6.07, 6.45) is 4.60. The smallest absolute Gasteiger partial charge is 0.178 e. The molecule has 0 saturated carbocycles. The van der Waals surface area contributed by atoms with Crippen molar-refractivity contribution >= 4 is 15.9 Å². The Bertz CT molecular complexity index is 152. The molecule has 0 aromatic heterocycles. The van der Waals surface area contributed by atoms with Crippen LogP contribution in [0, 0.1) is 6.92 Å². The molecule has 1 fully saturated rings. The summed E-state index contributed by atoms with van der Waals surface area (Å²) >= 11 is 3.44. The largest absolute Gasteiger partial charge is 0.346 e. The monoisotopic (exact) mass is 249 g/mol. The molecule has 1 aliphatic heterocycles. The zero-order valence-corrected chi connectivity index (χ0v) is 9.81. The molecule has 0 N–H and O–H groups in total. The van der Waals surface area contributed by atoms with Gasteiger partial charge in [0, 0.05) is 6.42 Å². The minimum Gasteiger partial charge on any atom is -0.346 e. The predicted octanol–water partition coefficient (Wildman–Crippen LogP) is 2.91. The highest BCUT2D eigenvalue weighted by atomic mass is 79.9. The van der Waals surface area contributed by atoms with Crippen LogP contribution in [0.3, 0.4) is 0 Å². The van der Waals surface area contributed by atoms with Gasteiger partial charge in [-0.3, -0.25) is 0 Å². The van der Waals surface area contributed by atoms with Gasteiger partial charge in [-0.05, 0) is 13.3 Å². The highest BCUT2D eigenvalue weighted by Crippen LogP contribution is 2.30. The van der Waals surface area contributed by atoms with Crippen LogP contribution in [0.2, 0.25) is 0 Å². The van der Waals surface area contributed by atoms with Crippen molar-refractivity contribution in [1.29, 1.82) is 0 Å². The Morgan fingerprint density at radius 1 is 1.54 bits per heavy atom. The molecule has 13 heavy (non-hydrogen) atoms. The van der Waals surface area contributed by atoms with Gasteiger partial charge < -0.3 is 9.47 Å². The minimum atomic E-state index is -0.387. The Kier molecular flexibility index (Phi) is 4.70. The van der Waals surface area contributed by atoms with E-state index >= 15 is 0 Å². The molecule has 0 spiro atoms. The van der Waals surface area contributed by atoms with Crippen molar-refractivity contribution in [3.63, 3.8) is 0 Å². The number of hydrogen-bond donors (Lipinski definition) is 0. The molecule has 0 unspecified atom stereocenters. The van der Waals surface area contributed by atoms with Crippen LogP contribution in [0.5, 0.6) is 0 Å². The lowest BCUT2D eigenvalue weighted by Crippen LogP contribution is -2.32. The summed E-state index contributed by atoms with van der Waals surface area (Å²) in [4.78, 5) is 0. The van der Waals surface area contributed by atoms with Crippen LogP contribution in [0.1, 0.15) is 32.6 Å². The van der Waals surface area contributed by atoms with Gasteiger partial charge in [-0.25, -0.2) is 0 Å². The second kappa shape index (κ2) is 5.32. The second-order valence-corrected chi connectivity index (χ2v) is 4.11. The van der Waals surface area contributed by atoms with E-state index in [9.17, 15) is 0 Å². The van der Waals surface area contributed by atoms with Crippen LogP contribution in [-0.2, 0) is 9.47 Å². The number of rotatable bonds is 5. The molecule has 0 bridgehead atoms. The fraction of sp³-hybridized carbons (Fsp3) is 0.900. The Balaban J connectivity index is 2.32. The standard InChI is InChI=1S/C10H18BrO2/c1-3-4-5-6-10(8-11)12-7-9(2)13-10/h9H,2-8H2,1H3/t9-,10+/m0/s1. The van der Waals surface area contributed by atoms with Crippen molar-refractivity contribution in [1.82, 2.24) is 0 Å². The van der Waals surface area contributed by atoms with E-state index in [0.717, 1.165) is 18.2 Å². The van der Waals surface area contributed by atoms with Crippen molar-refractivity contribution in [3.05, 3.63) is 6.92 Å². The summed E-state index contributed by atoms with van der Waals surface area (Å²) in [6.45, 7) is 6.66. The molecule has 1 aliphatic rings. The van der Waals surface area contributed by atoms with Gasteiger partial charge >= 0.3 is 0 Å². The SMILES string of the molecule is [CH2][C@H]1CO[C@](CBr)(CCCCC)O1. The number of halogens is 1. The van der Waals surface area contributed by atoms with E-state index in [1.54, 1.807) is 0 Å². The molecule has 0 aromatic rings. The Labute approximate surface area is 89.1 Å². The normalized spacial score (nSPS) is 33.9. The summed E-state index contributed by atoms with van der Waals surface area (Å²) in [5.41, 5.74) is 0. The molecule has 2 atom stereocenters. The molecule has 1 heterocycles. The molecule has 0 aliphatic carbocycles. The average molecular weight is 250 g/mol. The van der Waals surface area contributed by atoms with E-state index in [2.05, 4.69) is 29.8 Å². The maximum atomic E-state index is 5.66. The van der Waals surface area contributed by atoms with Crippen molar-refractivity contribution in [2.45, 2.75) is 44.5 Å². The highest BCUT2D eigenvalue weighted by Gasteiger charge is 2.38. The van der Waals surface area contributed by atoms with Crippen LogP contribution in [0.4, 0.5) is 0 Å².